The zero-order chi connectivity index (χ0) is 16.6. The molecule has 1 aromatic carbocycles. The molecule has 2 aromatic rings. The molecule has 0 radical (unpaired) electrons. The number of hydrogen-bond acceptors (Lipinski definition) is 4. The fourth-order valence-corrected chi connectivity index (χ4v) is 3.03. The van der Waals surface area contributed by atoms with Crippen LogP contribution >= 0.6 is 15.9 Å². The van der Waals surface area contributed by atoms with E-state index in [1.165, 1.54) is 6.92 Å². The number of amides is 3. The number of ether oxygens (including phenoxy) is 1. The Morgan fingerprint density at radius 1 is 1.35 bits per heavy atom. The van der Waals surface area contributed by atoms with Crippen LogP contribution in [0.2, 0.25) is 0 Å². The van der Waals surface area contributed by atoms with E-state index >= 15 is 0 Å². The summed E-state index contributed by atoms with van der Waals surface area (Å²) < 4.78 is 5.78. The first-order valence-corrected chi connectivity index (χ1v) is 7.84. The largest absolute Gasteiger partial charge is 0.448 e. The number of hydrogen-bond donors (Lipinski definition) is 2. The number of fused-ring (bicyclic) bond motifs is 1. The second kappa shape index (κ2) is 6.04. The Balaban J connectivity index is 1.76. The maximum absolute atomic E-state index is 12.3. The van der Waals surface area contributed by atoms with E-state index in [0.717, 1.165) is 15.8 Å². The van der Waals surface area contributed by atoms with Gasteiger partial charge in [-0.25, -0.2) is 9.59 Å². The number of carbonyl (C=O) groups is 3. The Morgan fingerprint density at radius 3 is 2.74 bits per heavy atom. The minimum atomic E-state index is -1.05. The maximum Gasteiger partial charge on any atom is 0.356 e. The van der Waals surface area contributed by atoms with Crippen LogP contribution < -0.4 is 5.32 Å². The molecule has 1 fully saturated rings. The zero-order valence-corrected chi connectivity index (χ0v) is 13.8. The molecule has 23 heavy (non-hydrogen) atoms. The Bertz CT molecular complexity index is 801. The van der Waals surface area contributed by atoms with Gasteiger partial charge in [0, 0.05) is 24.0 Å². The lowest BCUT2D eigenvalue weighted by Gasteiger charge is -2.17. The predicted molar refractivity (Wildman–Crippen MR) is 86.0 cm³/mol. The molecule has 120 valence electrons. The molecule has 3 amide bonds. The van der Waals surface area contributed by atoms with Crippen LogP contribution in [-0.4, -0.2) is 47.0 Å². The van der Waals surface area contributed by atoms with Gasteiger partial charge < -0.3 is 15.0 Å². The van der Waals surface area contributed by atoms with Crippen LogP contribution in [0.5, 0.6) is 0 Å². The van der Waals surface area contributed by atoms with Gasteiger partial charge in [0.25, 0.3) is 5.91 Å². The summed E-state index contributed by atoms with van der Waals surface area (Å²) in [5.74, 6) is -1.20. The van der Waals surface area contributed by atoms with Gasteiger partial charge in [-0.3, -0.25) is 9.69 Å². The van der Waals surface area contributed by atoms with Gasteiger partial charge in [0.1, 0.15) is 5.69 Å². The molecule has 7 nitrogen and oxygen atoms in total. The van der Waals surface area contributed by atoms with Crippen molar-refractivity contribution in [2.45, 2.75) is 13.0 Å². The minimum Gasteiger partial charge on any atom is -0.448 e. The molecule has 2 heterocycles. The van der Waals surface area contributed by atoms with Crippen LogP contribution in [0.15, 0.2) is 28.7 Å². The van der Waals surface area contributed by atoms with Crippen LogP contribution in [0.25, 0.3) is 10.9 Å². The van der Waals surface area contributed by atoms with Crippen molar-refractivity contribution in [1.82, 2.24) is 15.2 Å². The zero-order valence-electron chi connectivity index (χ0n) is 12.3. The number of benzene rings is 1. The van der Waals surface area contributed by atoms with Crippen molar-refractivity contribution in [3.63, 3.8) is 0 Å². The fourth-order valence-electron chi connectivity index (χ4n) is 2.42. The highest BCUT2D eigenvalue weighted by Crippen LogP contribution is 2.28. The van der Waals surface area contributed by atoms with Gasteiger partial charge in [-0.15, -0.1) is 0 Å². The fraction of sp³-hybridized carbons (Fsp3) is 0.267. The van der Waals surface area contributed by atoms with Crippen molar-refractivity contribution >= 4 is 44.7 Å². The quantitative estimate of drug-likeness (QED) is 0.798. The van der Waals surface area contributed by atoms with E-state index in [0.29, 0.717) is 11.0 Å². The molecule has 1 saturated heterocycles. The summed E-state index contributed by atoms with van der Waals surface area (Å²) in [5.41, 5.74) is 1.01. The van der Waals surface area contributed by atoms with E-state index < -0.39 is 24.0 Å². The number of H-pyrrole nitrogens is 1. The summed E-state index contributed by atoms with van der Waals surface area (Å²) in [6.07, 6.45) is -1.05. The molecular formula is C15H14BrN3O4. The second-order valence-electron chi connectivity index (χ2n) is 5.13. The maximum atomic E-state index is 12.3. The van der Waals surface area contributed by atoms with Gasteiger partial charge in [-0.05, 0) is 28.9 Å². The molecule has 3 rings (SSSR count). The number of urea groups is 1. The number of esters is 1. The van der Waals surface area contributed by atoms with E-state index in [-0.39, 0.29) is 12.2 Å². The number of rotatable bonds is 3. The topological polar surface area (TPSA) is 91.5 Å². The lowest BCUT2D eigenvalue weighted by atomic mass is 10.2. The van der Waals surface area contributed by atoms with Gasteiger partial charge in [0.15, 0.2) is 6.10 Å². The number of para-hydroxylation sites is 1. The lowest BCUT2D eigenvalue weighted by molar-refractivity contribution is -0.136. The van der Waals surface area contributed by atoms with Crippen molar-refractivity contribution in [3.05, 3.63) is 34.4 Å². The second-order valence-corrected chi connectivity index (χ2v) is 5.92. The Kier molecular flexibility index (Phi) is 4.08. The van der Waals surface area contributed by atoms with E-state index in [4.69, 9.17) is 4.74 Å². The average Bonchev–Trinajstić information content (AvgIpc) is 3.11. The number of halogens is 1. The number of aromatic nitrogens is 1. The molecule has 1 atom stereocenters. The van der Waals surface area contributed by atoms with E-state index in [1.54, 1.807) is 0 Å². The van der Waals surface area contributed by atoms with Crippen LogP contribution in [0.1, 0.15) is 17.4 Å². The highest BCUT2D eigenvalue weighted by atomic mass is 79.9. The van der Waals surface area contributed by atoms with Crippen molar-refractivity contribution < 1.29 is 19.1 Å². The van der Waals surface area contributed by atoms with Crippen molar-refractivity contribution in [2.75, 3.05) is 13.1 Å². The van der Waals surface area contributed by atoms with Crippen molar-refractivity contribution in [3.8, 4) is 0 Å². The number of aromatic amines is 1. The predicted octanol–water partition coefficient (Wildman–Crippen LogP) is 2.03. The normalized spacial score (nSPS) is 15.6. The third-order valence-corrected chi connectivity index (χ3v) is 4.42. The Morgan fingerprint density at radius 2 is 2.09 bits per heavy atom. The van der Waals surface area contributed by atoms with Crippen LogP contribution in [0, 0.1) is 0 Å². The van der Waals surface area contributed by atoms with E-state index in [1.807, 2.05) is 24.3 Å². The SMILES string of the molecule is CC(OC(=O)c1[nH]c2ccccc2c1Br)C(=O)N1CCNC1=O. The van der Waals surface area contributed by atoms with Gasteiger partial charge in [0.05, 0.1) is 4.47 Å². The molecule has 1 aliphatic heterocycles. The van der Waals surface area contributed by atoms with E-state index in [2.05, 4.69) is 26.2 Å². The highest BCUT2D eigenvalue weighted by molar-refractivity contribution is 9.10. The lowest BCUT2D eigenvalue weighted by Crippen LogP contribution is -2.41. The van der Waals surface area contributed by atoms with Gasteiger partial charge in [-0.1, -0.05) is 18.2 Å². The molecule has 0 bridgehead atoms. The first kappa shape index (κ1) is 15.5. The van der Waals surface area contributed by atoms with E-state index in [9.17, 15) is 14.4 Å². The smallest absolute Gasteiger partial charge is 0.356 e. The molecule has 1 aromatic heterocycles. The number of nitrogens with one attached hydrogen (secondary N) is 2. The van der Waals surface area contributed by atoms with Gasteiger partial charge in [-0.2, -0.15) is 0 Å². The Labute approximate surface area is 140 Å². The number of carbonyl (C=O) groups excluding carboxylic acids is 3. The molecule has 2 N–H and O–H groups in total. The molecule has 0 saturated carbocycles. The monoisotopic (exact) mass is 379 g/mol. The molecular weight excluding hydrogens is 366 g/mol. The number of nitrogens with zero attached hydrogens (tertiary/aromatic N) is 1. The molecule has 8 heteroatoms. The summed E-state index contributed by atoms with van der Waals surface area (Å²) >= 11 is 3.36. The van der Waals surface area contributed by atoms with Crippen LogP contribution in [0.4, 0.5) is 4.79 Å². The Hall–Kier alpha value is -2.35. The summed E-state index contributed by atoms with van der Waals surface area (Å²) in [4.78, 5) is 39.9. The molecule has 1 unspecified atom stereocenters. The third kappa shape index (κ3) is 2.81. The van der Waals surface area contributed by atoms with Gasteiger partial charge >= 0.3 is 12.0 Å². The van der Waals surface area contributed by atoms with Crippen molar-refractivity contribution in [2.24, 2.45) is 0 Å². The first-order valence-electron chi connectivity index (χ1n) is 7.05. The first-order chi connectivity index (χ1) is 11.0. The van der Waals surface area contributed by atoms with Crippen LogP contribution in [-0.2, 0) is 9.53 Å². The molecule has 0 spiro atoms. The molecule has 1 aliphatic rings. The number of imide groups is 1. The summed E-state index contributed by atoms with van der Waals surface area (Å²) in [7, 11) is 0. The van der Waals surface area contributed by atoms with Crippen molar-refractivity contribution in [1.29, 1.82) is 0 Å². The van der Waals surface area contributed by atoms with Gasteiger partial charge in [0.2, 0.25) is 0 Å². The summed E-state index contributed by atoms with van der Waals surface area (Å²) in [6.45, 7) is 2.12. The average molecular weight is 380 g/mol. The standard InChI is InChI=1S/C15H14BrN3O4/c1-8(13(20)19-7-6-17-15(19)22)23-14(21)12-11(16)9-4-2-3-5-10(9)18-12/h2-5,8,18H,6-7H2,1H3,(H,17,22). The minimum absolute atomic E-state index is 0.233. The third-order valence-electron chi connectivity index (χ3n) is 3.60. The summed E-state index contributed by atoms with van der Waals surface area (Å²) in [6, 6.07) is 6.92. The highest BCUT2D eigenvalue weighted by Gasteiger charge is 2.32. The summed E-state index contributed by atoms with van der Waals surface area (Å²) in [5, 5.41) is 3.37. The van der Waals surface area contributed by atoms with Crippen LogP contribution in [0.3, 0.4) is 0 Å². The molecule has 0 aliphatic carbocycles.